The highest BCUT2D eigenvalue weighted by Crippen LogP contribution is 2.52. The number of anilines is 1. The van der Waals surface area contributed by atoms with Gasteiger partial charge in [-0.3, -0.25) is 14.4 Å². The number of imide groups is 1. The van der Waals surface area contributed by atoms with E-state index in [0.717, 1.165) is 63.4 Å². The van der Waals surface area contributed by atoms with Crippen LogP contribution in [0.2, 0.25) is 0 Å². The third kappa shape index (κ3) is 2.67. The molecule has 7 heteroatoms. The molecule has 4 heterocycles. The van der Waals surface area contributed by atoms with Crippen molar-refractivity contribution in [2.24, 2.45) is 17.8 Å². The van der Waals surface area contributed by atoms with Crippen LogP contribution in [-0.2, 0) is 27.2 Å². The Labute approximate surface area is 180 Å². The van der Waals surface area contributed by atoms with Gasteiger partial charge in [0.1, 0.15) is 5.00 Å². The Morgan fingerprint density at radius 1 is 1.03 bits per heavy atom. The SMILES string of the molecule is C[C@@H]1CCc2c(sc(N3C(=O)[C@@H]4[C@@H](C3=O)[C@H]3CC[C@H]4O3)c2C(=O)NC2CCCC2)C1. The molecule has 5 atom stereocenters. The van der Waals surface area contributed by atoms with Gasteiger partial charge in [-0.2, -0.15) is 0 Å². The summed E-state index contributed by atoms with van der Waals surface area (Å²) in [5, 5.41) is 3.79. The van der Waals surface area contributed by atoms with E-state index in [0.29, 0.717) is 16.5 Å². The van der Waals surface area contributed by atoms with E-state index in [-0.39, 0.29) is 47.8 Å². The third-order valence-corrected chi connectivity index (χ3v) is 9.14. The average Bonchev–Trinajstić information content (AvgIpc) is 3.51. The van der Waals surface area contributed by atoms with E-state index in [4.69, 9.17) is 4.74 Å². The minimum Gasteiger partial charge on any atom is -0.373 e. The Morgan fingerprint density at radius 3 is 2.37 bits per heavy atom. The number of ether oxygens (including phenoxy) is 1. The van der Waals surface area contributed by atoms with Crippen molar-refractivity contribution in [3.63, 3.8) is 0 Å². The lowest BCUT2D eigenvalue weighted by Gasteiger charge is -2.21. The van der Waals surface area contributed by atoms with Crippen molar-refractivity contribution < 1.29 is 19.1 Å². The third-order valence-electron chi connectivity index (χ3n) is 7.90. The second kappa shape index (κ2) is 6.89. The number of amides is 3. The van der Waals surface area contributed by atoms with Crippen molar-refractivity contribution in [1.82, 2.24) is 5.32 Å². The molecule has 0 radical (unpaired) electrons. The summed E-state index contributed by atoms with van der Waals surface area (Å²) in [5.41, 5.74) is 1.67. The largest absolute Gasteiger partial charge is 0.373 e. The number of nitrogens with one attached hydrogen (secondary N) is 1. The van der Waals surface area contributed by atoms with Gasteiger partial charge in [0, 0.05) is 10.9 Å². The molecule has 3 aliphatic heterocycles. The van der Waals surface area contributed by atoms with Gasteiger partial charge in [0.05, 0.1) is 29.6 Å². The summed E-state index contributed by atoms with van der Waals surface area (Å²) in [4.78, 5) is 42.7. The zero-order valence-electron chi connectivity index (χ0n) is 17.3. The van der Waals surface area contributed by atoms with Crippen molar-refractivity contribution in [3.8, 4) is 0 Å². The molecule has 6 rings (SSSR count). The minimum atomic E-state index is -0.361. The number of carbonyl (C=O) groups is 3. The van der Waals surface area contributed by atoms with Gasteiger partial charge >= 0.3 is 0 Å². The van der Waals surface area contributed by atoms with Crippen molar-refractivity contribution >= 4 is 34.1 Å². The van der Waals surface area contributed by atoms with Crippen molar-refractivity contribution in [2.75, 3.05) is 4.90 Å². The van der Waals surface area contributed by atoms with Crippen LogP contribution in [-0.4, -0.2) is 36.0 Å². The quantitative estimate of drug-likeness (QED) is 0.750. The van der Waals surface area contributed by atoms with Crippen molar-refractivity contribution in [2.45, 2.75) is 83.0 Å². The maximum atomic E-state index is 13.4. The summed E-state index contributed by atoms with van der Waals surface area (Å²) in [7, 11) is 0. The predicted molar refractivity (Wildman–Crippen MR) is 113 cm³/mol. The van der Waals surface area contributed by atoms with Gasteiger partial charge < -0.3 is 10.1 Å². The van der Waals surface area contributed by atoms with Crippen molar-refractivity contribution in [3.05, 3.63) is 16.0 Å². The van der Waals surface area contributed by atoms with E-state index in [2.05, 4.69) is 12.2 Å². The molecular formula is C23H28N2O4S. The number of carbonyl (C=O) groups excluding carboxylic acids is 3. The normalized spacial score (nSPS) is 35.2. The van der Waals surface area contributed by atoms with E-state index in [9.17, 15) is 14.4 Å². The van der Waals surface area contributed by atoms with Gasteiger partial charge in [0.15, 0.2) is 0 Å². The van der Waals surface area contributed by atoms with Crippen LogP contribution in [0, 0.1) is 17.8 Å². The van der Waals surface area contributed by atoms with E-state index >= 15 is 0 Å². The first kappa shape index (κ1) is 19.0. The number of thiophene rings is 1. The lowest BCUT2D eigenvalue weighted by molar-refractivity contribution is -0.124. The van der Waals surface area contributed by atoms with Crippen LogP contribution >= 0.6 is 11.3 Å². The van der Waals surface area contributed by atoms with Gasteiger partial charge in [-0.1, -0.05) is 19.8 Å². The maximum absolute atomic E-state index is 13.4. The highest BCUT2D eigenvalue weighted by Gasteiger charge is 2.63. The van der Waals surface area contributed by atoms with Gasteiger partial charge in [0.2, 0.25) is 11.8 Å². The number of hydrogen-bond donors (Lipinski definition) is 1. The fourth-order valence-electron chi connectivity index (χ4n) is 6.37. The Kier molecular flexibility index (Phi) is 4.36. The zero-order chi connectivity index (χ0) is 20.6. The second-order valence-electron chi connectivity index (χ2n) is 9.84. The molecule has 1 N–H and O–H groups in total. The first-order chi connectivity index (χ1) is 14.5. The van der Waals surface area contributed by atoms with E-state index in [1.54, 1.807) is 0 Å². The summed E-state index contributed by atoms with van der Waals surface area (Å²) in [6.45, 7) is 2.23. The van der Waals surface area contributed by atoms with Crippen molar-refractivity contribution in [1.29, 1.82) is 0 Å². The molecule has 1 saturated carbocycles. The van der Waals surface area contributed by atoms with Crippen LogP contribution < -0.4 is 10.2 Å². The summed E-state index contributed by atoms with van der Waals surface area (Å²) in [5.74, 6) is -0.568. The Morgan fingerprint density at radius 2 is 1.70 bits per heavy atom. The van der Waals surface area contributed by atoms with Crippen LogP contribution in [0.3, 0.4) is 0 Å². The van der Waals surface area contributed by atoms with Crippen LogP contribution in [0.15, 0.2) is 0 Å². The standard InChI is InChI=1S/C23H28N2O4S/c1-11-6-7-13-16(10-11)30-23(17(13)20(26)24-12-4-2-3-5-12)25-21(27)18-14-8-9-15(29-14)19(18)22(25)28/h11-12,14-15,18-19H,2-10H2,1H3,(H,24,26)/t11-,14-,15-,18+,19+/m1/s1. The van der Waals surface area contributed by atoms with Gasteiger partial charge in [-0.25, -0.2) is 4.90 Å². The topological polar surface area (TPSA) is 75.7 Å². The molecular weight excluding hydrogens is 400 g/mol. The molecule has 1 aromatic rings. The molecule has 6 nitrogen and oxygen atoms in total. The molecule has 0 unspecified atom stereocenters. The molecule has 0 aromatic carbocycles. The molecule has 30 heavy (non-hydrogen) atoms. The fraction of sp³-hybridized carbons (Fsp3) is 0.696. The smallest absolute Gasteiger partial charge is 0.254 e. The molecule has 4 fully saturated rings. The second-order valence-corrected chi connectivity index (χ2v) is 10.9. The number of nitrogens with zero attached hydrogens (tertiary/aromatic N) is 1. The van der Waals surface area contributed by atoms with E-state index < -0.39 is 0 Å². The molecule has 3 saturated heterocycles. The molecule has 3 amide bonds. The Hall–Kier alpha value is -1.73. The Bertz CT molecular complexity index is 906. The molecule has 160 valence electrons. The number of hydrogen-bond acceptors (Lipinski definition) is 5. The maximum Gasteiger partial charge on any atom is 0.254 e. The van der Waals surface area contributed by atoms with E-state index in [1.807, 2.05) is 0 Å². The van der Waals surface area contributed by atoms with Crippen LogP contribution in [0.4, 0.5) is 5.00 Å². The summed E-state index contributed by atoms with van der Waals surface area (Å²) in [6, 6.07) is 0.206. The van der Waals surface area contributed by atoms with Crippen LogP contribution in [0.5, 0.6) is 0 Å². The monoisotopic (exact) mass is 428 g/mol. The molecule has 5 aliphatic rings. The summed E-state index contributed by atoms with van der Waals surface area (Å²) >= 11 is 1.50. The minimum absolute atomic E-state index is 0.0964. The highest BCUT2D eigenvalue weighted by molar-refractivity contribution is 7.17. The summed E-state index contributed by atoms with van der Waals surface area (Å²) in [6.07, 6.45) is 8.56. The van der Waals surface area contributed by atoms with E-state index in [1.165, 1.54) is 21.1 Å². The first-order valence-electron chi connectivity index (χ1n) is 11.5. The number of fused-ring (bicyclic) bond motifs is 6. The average molecular weight is 429 g/mol. The molecule has 0 spiro atoms. The number of rotatable bonds is 3. The van der Waals surface area contributed by atoms with Crippen LogP contribution in [0.25, 0.3) is 0 Å². The zero-order valence-corrected chi connectivity index (χ0v) is 18.1. The van der Waals surface area contributed by atoms with Crippen LogP contribution in [0.1, 0.15) is 72.7 Å². The summed E-state index contributed by atoms with van der Waals surface area (Å²) < 4.78 is 5.88. The molecule has 2 aliphatic carbocycles. The highest BCUT2D eigenvalue weighted by atomic mass is 32.1. The van der Waals surface area contributed by atoms with Gasteiger partial charge in [0.25, 0.3) is 5.91 Å². The lowest BCUT2D eigenvalue weighted by atomic mass is 9.81. The molecule has 1 aromatic heterocycles. The van der Waals surface area contributed by atoms with Gasteiger partial charge in [-0.15, -0.1) is 11.3 Å². The lowest BCUT2D eigenvalue weighted by Crippen LogP contribution is -2.37. The fourth-order valence-corrected chi connectivity index (χ4v) is 7.89. The van der Waals surface area contributed by atoms with Gasteiger partial charge in [-0.05, 0) is 56.4 Å². The predicted octanol–water partition coefficient (Wildman–Crippen LogP) is 3.21. The first-order valence-corrected chi connectivity index (χ1v) is 12.3. The molecule has 2 bridgehead atoms. The Balaban J connectivity index is 1.40.